The first-order valence-electron chi connectivity index (χ1n) is 5.01. The minimum atomic E-state index is -0.867. The maximum atomic E-state index is 10.3. The van der Waals surface area contributed by atoms with Crippen molar-refractivity contribution in [3.8, 4) is 11.8 Å². The van der Waals surface area contributed by atoms with Crippen LogP contribution in [0.2, 0.25) is 0 Å². The van der Waals surface area contributed by atoms with Gasteiger partial charge < -0.3 is 5.11 Å². The molecule has 0 unspecified atom stereocenters. The van der Waals surface area contributed by atoms with Gasteiger partial charge in [0.2, 0.25) is 0 Å². The van der Waals surface area contributed by atoms with Gasteiger partial charge in [-0.1, -0.05) is 25.2 Å². The lowest BCUT2D eigenvalue weighted by Gasteiger charge is -1.95. The van der Waals surface area contributed by atoms with E-state index in [9.17, 15) is 4.79 Å². The van der Waals surface area contributed by atoms with Crippen molar-refractivity contribution in [3.63, 3.8) is 0 Å². The average molecular weight is 222 g/mol. The Bertz CT molecular complexity index is 382. The molecule has 0 aliphatic rings. The van der Waals surface area contributed by atoms with Crippen LogP contribution in [0.1, 0.15) is 36.6 Å². The topological polar surface area (TPSA) is 37.3 Å². The van der Waals surface area contributed by atoms with E-state index in [1.165, 1.54) is 5.56 Å². The molecule has 0 aromatic carbocycles. The van der Waals surface area contributed by atoms with Crippen LogP contribution in [0.15, 0.2) is 11.4 Å². The molecule has 0 spiro atoms. The van der Waals surface area contributed by atoms with Crippen molar-refractivity contribution in [1.29, 1.82) is 0 Å². The van der Waals surface area contributed by atoms with E-state index in [0.29, 0.717) is 0 Å². The molecule has 1 aromatic heterocycles. The van der Waals surface area contributed by atoms with E-state index in [1.807, 2.05) is 5.38 Å². The molecule has 1 aromatic rings. The molecule has 0 radical (unpaired) electrons. The molecule has 0 amide bonds. The van der Waals surface area contributed by atoms with Crippen molar-refractivity contribution >= 4 is 17.3 Å². The van der Waals surface area contributed by atoms with Crippen molar-refractivity contribution in [2.24, 2.45) is 0 Å². The second kappa shape index (κ2) is 6.26. The van der Waals surface area contributed by atoms with Crippen LogP contribution in [0.25, 0.3) is 0 Å². The van der Waals surface area contributed by atoms with E-state index >= 15 is 0 Å². The first-order valence-corrected chi connectivity index (χ1v) is 5.89. The van der Waals surface area contributed by atoms with Crippen LogP contribution in [0, 0.1) is 11.8 Å². The molecule has 3 heteroatoms. The van der Waals surface area contributed by atoms with Crippen LogP contribution in [-0.4, -0.2) is 11.1 Å². The maximum absolute atomic E-state index is 10.3. The van der Waals surface area contributed by atoms with Crippen molar-refractivity contribution in [2.45, 2.75) is 32.6 Å². The van der Waals surface area contributed by atoms with E-state index in [4.69, 9.17) is 5.11 Å². The summed E-state index contributed by atoms with van der Waals surface area (Å²) in [7, 11) is 0. The molecular formula is C12H14O2S. The molecule has 0 fully saturated rings. The third-order valence-corrected chi connectivity index (χ3v) is 2.86. The first-order chi connectivity index (χ1) is 7.24. The highest BCUT2D eigenvalue weighted by atomic mass is 32.1. The monoisotopic (exact) mass is 222 g/mol. The summed E-state index contributed by atoms with van der Waals surface area (Å²) in [6.07, 6.45) is 3.28. The predicted octanol–water partition coefficient (Wildman–Crippen LogP) is 2.92. The summed E-state index contributed by atoms with van der Waals surface area (Å²) in [5.74, 6) is 4.72. The lowest BCUT2D eigenvalue weighted by molar-refractivity contribution is -0.135. The zero-order valence-corrected chi connectivity index (χ0v) is 9.56. The first kappa shape index (κ1) is 11.8. The van der Waals surface area contributed by atoms with Crippen LogP contribution >= 0.6 is 11.3 Å². The Morgan fingerprint density at radius 3 is 3.07 bits per heavy atom. The van der Waals surface area contributed by atoms with Crippen LogP contribution in [0.4, 0.5) is 0 Å². The highest BCUT2D eigenvalue weighted by Gasteiger charge is 2.00. The number of carboxylic acid groups (broad SMARTS) is 1. The van der Waals surface area contributed by atoms with Crippen LogP contribution < -0.4 is 0 Å². The zero-order chi connectivity index (χ0) is 11.1. The van der Waals surface area contributed by atoms with Crippen molar-refractivity contribution in [3.05, 3.63) is 21.9 Å². The quantitative estimate of drug-likeness (QED) is 0.795. The number of hydrogen-bond acceptors (Lipinski definition) is 2. The highest BCUT2D eigenvalue weighted by Crippen LogP contribution is 2.17. The summed E-state index contributed by atoms with van der Waals surface area (Å²) in [4.78, 5) is 11.3. The van der Waals surface area contributed by atoms with Gasteiger partial charge in [0.15, 0.2) is 0 Å². The fourth-order valence-electron chi connectivity index (χ4n) is 1.21. The molecule has 0 bridgehead atoms. The van der Waals surface area contributed by atoms with Crippen molar-refractivity contribution in [2.75, 3.05) is 0 Å². The predicted molar refractivity (Wildman–Crippen MR) is 62.1 cm³/mol. The summed E-state index contributed by atoms with van der Waals surface area (Å²) in [5, 5.41) is 10.5. The zero-order valence-electron chi connectivity index (χ0n) is 8.75. The molecule has 0 aliphatic carbocycles. The highest BCUT2D eigenvalue weighted by molar-refractivity contribution is 7.10. The Morgan fingerprint density at radius 2 is 2.40 bits per heavy atom. The van der Waals surface area contributed by atoms with Gasteiger partial charge in [-0.2, -0.15) is 0 Å². The Labute approximate surface area is 93.9 Å². The van der Waals surface area contributed by atoms with Gasteiger partial charge in [-0.3, -0.25) is 4.79 Å². The van der Waals surface area contributed by atoms with Crippen molar-refractivity contribution < 1.29 is 9.90 Å². The average Bonchev–Trinajstić information content (AvgIpc) is 2.62. The molecule has 0 saturated heterocycles. The lowest BCUT2D eigenvalue weighted by Crippen LogP contribution is -1.90. The normalized spacial score (nSPS) is 9.40. The summed E-state index contributed by atoms with van der Waals surface area (Å²) >= 11 is 1.59. The minimum Gasteiger partial charge on any atom is -0.481 e. The van der Waals surface area contributed by atoms with E-state index in [-0.39, 0.29) is 6.42 Å². The summed E-state index contributed by atoms with van der Waals surface area (Å²) < 4.78 is 0. The molecule has 0 atom stereocenters. The fraction of sp³-hybridized carbons (Fsp3) is 0.417. The Morgan fingerprint density at radius 1 is 1.60 bits per heavy atom. The number of aliphatic carboxylic acids is 1. The largest absolute Gasteiger partial charge is 0.481 e. The van der Waals surface area contributed by atoms with Gasteiger partial charge in [0.1, 0.15) is 6.42 Å². The van der Waals surface area contributed by atoms with E-state index in [2.05, 4.69) is 24.8 Å². The number of rotatable bonds is 4. The number of unbranched alkanes of at least 4 members (excludes halogenated alkanes) is 1. The SMILES string of the molecule is CCCCc1ccsc1C#CCC(=O)O. The molecule has 0 saturated carbocycles. The van der Waals surface area contributed by atoms with Crippen LogP contribution in [-0.2, 0) is 11.2 Å². The summed E-state index contributed by atoms with van der Waals surface area (Å²) in [6.45, 7) is 2.15. The van der Waals surface area contributed by atoms with Gasteiger partial charge in [-0.05, 0) is 29.9 Å². The third kappa shape index (κ3) is 4.18. The molecule has 1 N–H and O–H groups in total. The van der Waals surface area contributed by atoms with Gasteiger partial charge >= 0.3 is 5.97 Å². The molecule has 1 heterocycles. The second-order valence-corrected chi connectivity index (χ2v) is 4.17. The maximum Gasteiger partial charge on any atom is 0.315 e. The Kier molecular flexibility index (Phi) is 4.92. The molecule has 80 valence electrons. The minimum absolute atomic E-state index is 0.0783. The summed E-state index contributed by atoms with van der Waals surface area (Å²) in [5.41, 5.74) is 1.25. The third-order valence-electron chi connectivity index (χ3n) is 1.99. The van der Waals surface area contributed by atoms with Crippen molar-refractivity contribution in [1.82, 2.24) is 0 Å². The molecule has 1 rings (SSSR count). The fourth-order valence-corrected chi connectivity index (χ4v) is 2.03. The number of carboxylic acids is 1. The second-order valence-electron chi connectivity index (χ2n) is 3.25. The number of hydrogen-bond donors (Lipinski definition) is 1. The standard InChI is InChI=1S/C12H14O2S/c1-2-3-5-10-8-9-15-11(10)6-4-7-12(13)14/h8-9H,2-3,5,7H2,1H3,(H,13,14). The van der Waals surface area contributed by atoms with Gasteiger partial charge in [-0.25, -0.2) is 0 Å². The Balaban J connectivity index is 2.62. The smallest absolute Gasteiger partial charge is 0.315 e. The summed E-state index contributed by atoms with van der Waals surface area (Å²) in [6, 6.07) is 2.07. The molecule has 2 nitrogen and oxygen atoms in total. The molecule has 0 aliphatic heterocycles. The van der Waals surface area contributed by atoms with E-state index in [0.717, 1.165) is 24.1 Å². The number of carbonyl (C=O) groups is 1. The lowest BCUT2D eigenvalue weighted by atomic mass is 10.1. The number of aryl methyl sites for hydroxylation is 1. The number of thiophene rings is 1. The van der Waals surface area contributed by atoms with E-state index in [1.54, 1.807) is 11.3 Å². The van der Waals surface area contributed by atoms with Gasteiger partial charge in [0.25, 0.3) is 0 Å². The Hall–Kier alpha value is -1.27. The van der Waals surface area contributed by atoms with E-state index < -0.39 is 5.97 Å². The molecule has 15 heavy (non-hydrogen) atoms. The molecular weight excluding hydrogens is 208 g/mol. The van der Waals surface area contributed by atoms with Crippen LogP contribution in [0.3, 0.4) is 0 Å². The van der Waals surface area contributed by atoms with Gasteiger partial charge in [-0.15, -0.1) is 11.3 Å². The van der Waals surface area contributed by atoms with Gasteiger partial charge in [0, 0.05) is 0 Å². The van der Waals surface area contributed by atoms with Crippen LogP contribution in [0.5, 0.6) is 0 Å². The van der Waals surface area contributed by atoms with Gasteiger partial charge in [0.05, 0.1) is 4.88 Å².